The van der Waals surface area contributed by atoms with Gasteiger partial charge < -0.3 is 0 Å². The summed E-state index contributed by atoms with van der Waals surface area (Å²) in [5.74, 6) is 0.861. The van der Waals surface area contributed by atoms with Gasteiger partial charge in [0.05, 0.1) is 5.92 Å². The van der Waals surface area contributed by atoms with Crippen molar-refractivity contribution < 1.29 is 4.79 Å². The molecule has 1 saturated carbocycles. The van der Waals surface area contributed by atoms with Crippen molar-refractivity contribution in [3.63, 3.8) is 0 Å². The second-order valence-electron chi connectivity index (χ2n) is 8.33. The van der Waals surface area contributed by atoms with Gasteiger partial charge in [-0.15, -0.1) is 0 Å². The highest BCUT2D eigenvalue weighted by atomic mass is 16.1. The molecule has 0 aromatic carbocycles. The molecule has 22 heavy (non-hydrogen) atoms. The second-order valence-corrected chi connectivity index (χ2v) is 8.33. The highest BCUT2D eigenvalue weighted by Crippen LogP contribution is 2.53. The summed E-state index contributed by atoms with van der Waals surface area (Å²) >= 11 is 0. The molecule has 0 N–H and O–H groups in total. The first-order chi connectivity index (χ1) is 10.5. The molecular weight excluding hydrogens is 268 g/mol. The predicted octanol–water partition coefficient (Wildman–Crippen LogP) is 5.30. The molecule has 1 nitrogen and oxygen atoms in total. The number of fused-ring (bicyclic) bond motifs is 4. The molecule has 4 aliphatic rings. The Kier molecular flexibility index (Phi) is 3.11. The molecule has 0 bridgehead atoms. The predicted molar refractivity (Wildman–Crippen MR) is 90.4 cm³/mol. The molecule has 116 valence electrons. The lowest BCUT2D eigenvalue weighted by molar-refractivity contribution is -0.119. The smallest absolute Gasteiger partial charge is 0.170 e. The Hall–Kier alpha value is -1.37. The van der Waals surface area contributed by atoms with E-state index < -0.39 is 0 Å². The Bertz CT molecular complexity index is 653. The van der Waals surface area contributed by atoms with Crippen LogP contribution >= 0.6 is 0 Å². The average molecular weight is 294 g/mol. The lowest BCUT2D eigenvalue weighted by Crippen LogP contribution is -2.38. The van der Waals surface area contributed by atoms with Crippen LogP contribution in [0.1, 0.15) is 58.8 Å². The molecule has 2 unspecified atom stereocenters. The van der Waals surface area contributed by atoms with Gasteiger partial charge in [0, 0.05) is 5.57 Å². The summed E-state index contributed by atoms with van der Waals surface area (Å²) in [5.41, 5.74) is 6.78. The van der Waals surface area contributed by atoms with E-state index in [1.54, 1.807) is 0 Å². The van der Waals surface area contributed by atoms with Crippen LogP contribution in [0.4, 0.5) is 0 Å². The van der Waals surface area contributed by atoms with Crippen LogP contribution in [0, 0.1) is 17.3 Å². The first-order valence-corrected chi connectivity index (χ1v) is 8.84. The summed E-state index contributed by atoms with van der Waals surface area (Å²) < 4.78 is 0. The standard InChI is InChI=1S/C21H26O/c1-13-15-10-11-21(2,3)12-18(15)17-9-8-14-6-4-5-7-16(14)19(17)20(13)22/h8-9,16,19H,1,4-7,10-12H2,2-3H3. The van der Waals surface area contributed by atoms with Crippen LogP contribution in [0.15, 0.2) is 46.6 Å². The zero-order chi connectivity index (χ0) is 15.5. The summed E-state index contributed by atoms with van der Waals surface area (Å²) in [4.78, 5) is 13.0. The first-order valence-electron chi connectivity index (χ1n) is 8.84. The van der Waals surface area contributed by atoms with Crippen molar-refractivity contribution in [3.8, 4) is 0 Å². The molecule has 1 fully saturated rings. The molecule has 4 rings (SSSR count). The average Bonchev–Trinajstić information content (AvgIpc) is 2.50. The molecule has 0 radical (unpaired) electrons. The van der Waals surface area contributed by atoms with Crippen LogP contribution < -0.4 is 0 Å². The molecule has 0 heterocycles. The molecule has 4 aliphatic carbocycles. The Morgan fingerprint density at radius 2 is 1.95 bits per heavy atom. The fraction of sp³-hybridized carbons (Fsp3) is 0.571. The van der Waals surface area contributed by atoms with Gasteiger partial charge in [-0.3, -0.25) is 4.79 Å². The number of hydrogen-bond acceptors (Lipinski definition) is 1. The largest absolute Gasteiger partial charge is 0.293 e. The molecule has 0 saturated heterocycles. The van der Waals surface area contributed by atoms with E-state index >= 15 is 0 Å². The number of carbonyl (C=O) groups excluding carboxylic acids is 1. The first kappa shape index (κ1) is 14.2. The number of hydrogen-bond donors (Lipinski definition) is 0. The monoisotopic (exact) mass is 294 g/mol. The van der Waals surface area contributed by atoms with Crippen molar-refractivity contribution in [2.45, 2.75) is 58.8 Å². The minimum Gasteiger partial charge on any atom is -0.293 e. The second kappa shape index (κ2) is 4.81. The van der Waals surface area contributed by atoms with Gasteiger partial charge in [0.25, 0.3) is 0 Å². The fourth-order valence-electron chi connectivity index (χ4n) is 5.01. The number of rotatable bonds is 0. The Balaban J connectivity index is 1.84. The minimum absolute atomic E-state index is 0.0837. The zero-order valence-corrected chi connectivity index (χ0v) is 13.9. The quantitative estimate of drug-likeness (QED) is 0.554. The van der Waals surface area contributed by atoms with Gasteiger partial charge in [-0.1, -0.05) is 44.6 Å². The van der Waals surface area contributed by atoms with Crippen molar-refractivity contribution in [2.75, 3.05) is 0 Å². The van der Waals surface area contributed by atoms with Crippen LogP contribution in [0.5, 0.6) is 0 Å². The van der Waals surface area contributed by atoms with E-state index in [1.807, 2.05) is 0 Å². The molecule has 0 aromatic heterocycles. The molecule has 0 aliphatic heterocycles. The van der Waals surface area contributed by atoms with Gasteiger partial charge in [-0.25, -0.2) is 0 Å². The van der Waals surface area contributed by atoms with Crippen molar-refractivity contribution in [2.24, 2.45) is 17.3 Å². The Morgan fingerprint density at radius 1 is 1.14 bits per heavy atom. The van der Waals surface area contributed by atoms with Gasteiger partial charge in [-0.05, 0) is 66.6 Å². The van der Waals surface area contributed by atoms with E-state index in [9.17, 15) is 4.79 Å². The van der Waals surface area contributed by atoms with Gasteiger partial charge >= 0.3 is 0 Å². The highest BCUT2D eigenvalue weighted by molar-refractivity contribution is 6.05. The number of ketones is 1. The summed E-state index contributed by atoms with van der Waals surface area (Å²) in [6, 6.07) is 0. The van der Waals surface area contributed by atoms with Crippen LogP contribution in [0.25, 0.3) is 0 Å². The maximum Gasteiger partial charge on any atom is 0.170 e. The van der Waals surface area contributed by atoms with E-state index in [2.05, 4.69) is 32.6 Å². The van der Waals surface area contributed by atoms with E-state index in [-0.39, 0.29) is 5.92 Å². The third kappa shape index (κ3) is 2.01. The summed E-state index contributed by atoms with van der Waals surface area (Å²) in [6.07, 6.45) is 12.8. The van der Waals surface area contributed by atoms with Crippen LogP contribution in [0.3, 0.4) is 0 Å². The van der Waals surface area contributed by atoms with Crippen molar-refractivity contribution >= 4 is 5.78 Å². The fourth-order valence-corrected chi connectivity index (χ4v) is 5.01. The Labute approximate surface area is 133 Å². The van der Waals surface area contributed by atoms with Crippen LogP contribution in [-0.4, -0.2) is 5.78 Å². The third-order valence-electron chi connectivity index (χ3n) is 6.29. The van der Waals surface area contributed by atoms with Gasteiger partial charge in [0.15, 0.2) is 5.78 Å². The normalized spacial score (nSPS) is 33.5. The topological polar surface area (TPSA) is 17.1 Å². The lowest BCUT2D eigenvalue weighted by atomic mass is 9.59. The maximum atomic E-state index is 13.0. The third-order valence-corrected chi connectivity index (χ3v) is 6.29. The van der Waals surface area contributed by atoms with Crippen LogP contribution in [0.2, 0.25) is 0 Å². The van der Waals surface area contributed by atoms with E-state index in [4.69, 9.17) is 0 Å². The van der Waals surface area contributed by atoms with Crippen LogP contribution in [-0.2, 0) is 4.79 Å². The lowest BCUT2D eigenvalue weighted by Gasteiger charge is -2.44. The molecule has 2 atom stereocenters. The molecule has 0 amide bonds. The van der Waals surface area contributed by atoms with Crippen molar-refractivity contribution in [1.29, 1.82) is 0 Å². The maximum absolute atomic E-state index is 13.0. The SMILES string of the molecule is C=C1C(=O)C2C(=CC=C3CCCCC32)C2=C1CCC(C)(C)C2. The van der Waals surface area contributed by atoms with Crippen molar-refractivity contribution in [3.05, 3.63) is 46.6 Å². The number of allylic oxidation sites excluding steroid dienone is 7. The molecule has 1 heteroatoms. The minimum atomic E-state index is 0.0837. The van der Waals surface area contributed by atoms with Gasteiger partial charge in [0.2, 0.25) is 0 Å². The molecule has 0 aromatic rings. The number of carbonyl (C=O) groups is 1. The summed E-state index contributed by atoms with van der Waals surface area (Å²) in [5, 5.41) is 0. The van der Waals surface area contributed by atoms with Gasteiger partial charge in [-0.2, -0.15) is 0 Å². The summed E-state index contributed by atoms with van der Waals surface area (Å²) in [6.45, 7) is 8.92. The summed E-state index contributed by atoms with van der Waals surface area (Å²) in [7, 11) is 0. The van der Waals surface area contributed by atoms with E-state index in [1.165, 1.54) is 54.4 Å². The van der Waals surface area contributed by atoms with E-state index in [0.29, 0.717) is 17.1 Å². The highest BCUT2D eigenvalue weighted by Gasteiger charge is 2.45. The molecular formula is C21H26O. The number of Topliss-reactive ketones (excluding diaryl/α,β-unsaturated/α-hetero) is 1. The zero-order valence-electron chi connectivity index (χ0n) is 13.9. The van der Waals surface area contributed by atoms with E-state index in [0.717, 1.165) is 18.4 Å². The molecule has 0 spiro atoms. The van der Waals surface area contributed by atoms with Gasteiger partial charge in [0.1, 0.15) is 0 Å². The Morgan fingerprint density at radius 3 is 2.77 bits per heavy atom. The van der Waals surface area contributed by atoms with Crippen molar-refractivity contribution in [1.82, 2.24) is 0 Å².